The number of nitrogens with one attached hydrogen (secondary N) is 3. The maximum absolute atomic E-state index is 15.4. The van der Waals surface area contributed by atoms with Gasteiger partial charge in [-0.3, -0.25) is 28.4 Å². The van der Waals surface area contributed by atoms with E-state index in [-0.39, 0.29) is 121 Å². The lowest BCUT2D eigenvalue weighted by atomic mass is 9.97. The number of halogens is 6. The number of fused-ring (bicyclic) bond motifs is 3. The van der Waals surface area contributed by atoms with Crippen LogP contribution in [0.2, 0.25) is 15.1 Å². The second kappa shape index (κ2) is 27.0. The molecule has 0 aliphatic heterocycles. The predicted octanol–water partition coefficient (Wildman–Crippen LogP) is 13.0. The molecule has 0 bridgehead atoms. The minimum Gasteiger partial charge on any atom is -0.501 e. The number of nitrogens with zero attached hydrogens (tertiary/aromatic N) is 12. The number of aromatic nitrogens is 12. The molecular formula is C69H54Cl3F3N18O6. The quantitative estimate of drug-likeness (QED) is 0.0520. The molecule has 3 aliphatic rings. The van der Waals surface area contributed by atoms with Gasteiger partial charge in [0.2, 0.25) is 17.1 Å². The van der Waals surface area contributed by atoms with Crippen molar-refractivity contribution in [3.63, 3.8) is 0 Å². The van der Waals surface area contributed by atoms with Gasteiger partial charge in [-0.05, 0) is 110 Å². The third-order valence-electron chi connectivity index (χ3n) is 16.9. The average molecular weight is 1390 g/mol. The highest BCUT2D eigenvalue weighted by Gasteiger charge is 2.34. The summed E-state index contributed by atoms with van der Waals surface area (Å²) in [4.78, 5) is 47.4. The lowest BCUT2D eigenvalue weighted by Gasteiger charge is -2.15. The van der Waals surface area contributed by atoms with E-state index in [1.165, 1.54) is 32.2 Å². The van der Waals surface area contributed by atoms with Crippen LogP contribution in [0.4, 0.5) is 30.2 Å². The van der Waals surface area contributed by atoms with Crippen LogP contribution in [0, 0.1) is 37.2 Å². The average Bonchev–Trinajstić information content (AvgIpc) is 1.74. The molecule has 0 atom stereocenters. The minimum atomic E-state index is -0.725. The zero-order chi connectivity index (χ0) is 69.8. The Balaban J connectivity index is 0.000000133. The molecule has 0 saturated heterocycles. The largest absolute Gasteiger partial charge is 0.501 e. The van der Waals surface area contributed by atoms with E-state index < -0.39 is 17.5 Å². The highest BCUT2D eigenvalue weighted by molar-refractivity contribution is 6.32. The van der Waals surface area contributed by atoms with Gasteiger partial charge in [0, 0.05) is 90.3 Å². The number of rotatable bonds is 15. The van der Waals surface area contributed by atoms with Gasteiger partial charge in [0.1, 0.15) is 34.7 Å². The van der Waals surface area contributed by atoms with E-state index in [9.17, 15) is 14.4 Å². The van der Waals surface area contributed by atoms with Gasteiger partial charge >= 0.3 is 0 Å². The first kappa shape index (κ1) is 66.4. The van der Waals surface area contributed by atoms with Crippen molar-refractivity contribution in [1.82, 2.24) is 59.9 Å². The number of hydrogen-bond acceptors (Lipinski definition) is 15. The molecule has 6 heterocycles. The van der Waals surface area contributed by atoms with Gasteiger partial charge in [-0.25, -0.2) is 43.0 Å². The van der Waals surface area contributed by atoms with Gasteiger partial charge in [-0.15, -0.1) is 0 Å². The molecule has 15 rings (SSSR count). The van der Waals surface area contributed by atoms with Crippen molar-refractivity contribution < 1.29 is 27.4 Å². The molecule has 0 spiro atoms. The van der Waals surface area contributed by atoms with E-state index >= 15 is 13.2 Å². The molecule has 99 heavy (non-hydrogen) atoms. The molecule has 498 valence electrons. The summed E-state index contributed by atoms with van der Waals surface area (Å²) < 4.78 is 68.2. The van der Waals surface area contributed by atoms with E-state index in [0.717, 1.165) is 38.5 Å². The summed E-state index contributed by atoms with van der Waals surface area (Å²) >= 11 is 18.6. The molecule has 30 heteroatoms. The van der Waals surface area contributed by atoms with Crippen LogP contribution in [0.25, 0.3) is 114 Å². The Morgan fingerprint density at radius 2 is 0.717 bits per heavy atom. The molecule has 9 N–H and O–H groups in total. The van der Waals surface area contributed by atoms with Crippen LogP contribution in [-0.4, -0.2) is 78.2 Å². The van der Waals surface area contributed by atoms with Crippen LogP contribution in [0.5, 0.6) is 17.2 Å². The van der Waals surface area contributed by atoms with Crippen LogP contribution in [0.3, 0.4) is 0 Å². The highest BCUT2D eigenvalue weighted by atomic mass is 35.5. The Morgan fingerprint density at radius 1 is 0.455 bits per heavy atom. The predicted molar refractivity (Wildman–Crippen MR) is 368 cm³/mol. The number of benzene rings is 6. The first-order chi connectivity index (χ1) is 47.8. The summed E-state index contributed by atoms with van der Waals surface area (Å²) in [6.07, 6.45) is 10.0. The standard InChI is InChI=1S/3C23H18ClFN6O2/c3*1-27-21-18(33-12-4-5-12)8-16(24)20(25)19(21)22-15(10-28-31(22)2)11-3-6-13-14(7-11)17(9-26)29-30-23(13)32/h3*3,6-8,10,12H,4-5,9,26H2,2H3,(H,30,32). The lowest BCUT2D eigenvalue weighted by molar-refractivity contribution is 0.304. The maximum atomic E-state index is 15.4. The number of H-pyrrole nitrogens is 3. The van der Waals surface area contributed by atoms with E-state index in [2.05, 4.69) is 60.4 Å². The highest BCUT2D eigenvalue weighted by Crippen LogP contribution is 2.52. The van der Waals surface area contributed by atoms with Gasteiger partial charge in [-0.1, -0.05) is 53.0 Å². The third-order valence-corrected chi connectivity index (χ3v) is 17.7. The third kappa shape index (κ3) is 12.6. The van der Waals surface area contributed by atoms with Crippen LogP contribution < -0.4 is 48.1 Å². The molecule has 6 aromatic heterocycles. The molecule has 6 aromatic carbocycles. The summed E-state index contributed by atoms with van der Waals surface area (Å²) in [6, 6.07) is 19.5. The van der Waals surface area contributed by atoms with Gasteiger partial charge < -0.3 is 31.4 Å². The van der Waals surface area contributed by atoms with E-state index in [1.54, 1.807) is 94.3 Å². The summed E-state index contributed by atoms with van der Waals surface area (Å²) in [5.41, 5.74) is 22.9. The molecule has 0 unspecified atom stereocenters. The summed E-state index contributed by atoms with van der Waals surface area (Å²) in [5.74, 6) is -1.42. The van der Waals surface area contributed by atoms with Crippen LogP contribution >= 0.6 is 34.8 Å². The van der Waals surface area contributed by atoms with Crippen LogP contribution in [-0.2, 0) is 40.8 Å². The molecule has 0 radical (unpaired) electrons. The van der Waals surface area contributed by atoms with Gasteiger partial charge in [0.15, 0.2) is 0 Å². The molecule has 24 nitrogen and oxygen atoms in total. The topological polar surface area (TPSA) is 310 Å². The first-order valence-corrected chi connectivity index (χ1v) is 31.8. The van der Waals surface area contributed by atoms with Crippen molar-refractivity contribution in [2.75, 3.05) is 0 Å². The number of ether oxygens (including phenoxy) is 3. The summed E-state index contributed by atoms with van der Waals surface area (Å²) in [7, 11) is 4.98. The Hall–Kier alpha value is -11.2. The van der Waals surface area contributed by atoms with Crippen molar-refractivity contribution in [2.24, 2.45) is 38.3 Å². The van der Waals surface area contributed by atoms with Gasteiger partial charge in [0.05, 0.1) is 122 Å². The van der Waals surface area contributed by atoms with Crippen molar-refractivity contribution in [2.45, 2.75) is 76.5 Å². The molecule has 0 amide bonds. The Labute approximate surface area is 574 Å². The Bertz CT molecular complexity index is 5090. The SMILES string of the molecule is [C-]#[N+]c1c(OC2CC2)cc(Cl)c(F)c1-c1c(-c2ccc3c(=O)[nH]nc(CN)c3c2)cnn1C.[C-]#[N+]c1c(OC2CC2)cc(Cl)c(F)c1-c1c(-c2ccc3c(=O)[nH]nc(CN)c3c2)cnn1C.[C-]#[N+]c1c(OC2CC2)cc(Cl)c(F)c1-c1c(-c2ccc3c(=O)[nH]nc(CN)c3c2)cnn1C. The number of hydrogen-bond donors (Lipinski definition) is 6. The fourth-order valence-corrected chi connectivity index (χ4v) is 12.2. The summed E-state index contributed by atoms with van der Waals surface area (Å²) in [5, 5.41) is 35.0. The van der Waals surface area contributed by atoms with Crippen molar-refractivity contribution >= 4 is 84.2 Å². The normalized spacial score (nSPS) is 13.3. The van der Waals surface area contributed by atoms with Crippen LogP contribution in [0.15, 0.2) is 106 Å². The van der Waals surface area contributed by atoms with Crippen LogP contribution in [0.1, 0.15) is 55.6 Å². The van der Waals surface area contributed by atoms with Crippen molar-refractivity contribution in [1.29, 1.82) is 0 Å². The lowest BCUT2D eigenvalue weighted by Crippen LogP contribution is -2.13. The van der Waals surface area contributed by atoms with E-state index in [4.69, 9.17) is 85.9 Å². The molecule has 12 aromatic rings. The smallest absolute Gasteiger partial charge is 0.272 e. The van der Waals surface area contributed by atoms with Gasteiger partial charge in [0.25, 0.3) is 16.7 Å². The Kier molecular flexibility index (Phi) is 18.1. The van der Waals surface area contributed by atoms with E-state index in [1.807, 2.05) is 0 Å². The monoisotopic (exact) mass is 1390 g/mol. The Morgan fingerprint density at radius 3 is 0.949 bits per heavy atom. The maximum Gasteiger partial charge on any atom is 0.272 e. The fraction of sp³-hybridized carbons (Fsp3) is 0.217. The molecular weight excluding hydrogens is 1340 g/mol. The fourth-order valence-electron chi connectivity index (χ4n) is 11.6. The zero-order valence-corrected chi connectivity index (χ0v) is 54.8. The second-order valence-corrected chi connectivity index (χ2v) is 24.7. The number of aromatic amines is 3. The van der Waals surface area contributed by atoms with Crippen molar-refractivity contribution in [3.8, 4) is 84.4 Å². The molecule has 3 fully saturated rings. The minimum absolute atomic E-state index is 0.00616. The second-order valence-electron chi connectivity index (χ2n) is 23.5. The van der Waals surface area contributed by atoms with Gasteiger partial charge in [-0.2, -0.15) is 30.6 Å². The number of nitrogens with two attached hydrogens (primary N) is 3. The number of aryl methyl sites for hydroxylation is 3. The van der Waals surface area contributed by atoms with Crippen molar-refractivity contribution in [3.05, 3.63) is 206 Å². The molecule has 3 saturated carbocycles. The molecule has 3 aliphatic carbocycles. The zero-order valence-electron chi connectivity index (χ0n) is 52.6. The summed E-state index contributed by atoms with van der Waals surface area (Å²) in [6.45, 7) is 23.6. The first-order valence-electron chi connectivity index (χ1n) is 30.7. The van der Waals surface area contributed by atoms with E-state index in [0.29, 0.717) is 99.9 Å².